The molecule has 0 unspecified atom stereocenters. The fourth-order valence-corrected chi connectivity index (χ4v) is 3.10. The molecule has 1 N–H and O–H groups in total. The first kappa shape index (κ1) is 21.4. The Labute approximate surface area is 167 Å². The Morgan fingerprint density at radius 1 is 1.11 bits per heavy atom. The fraction of sp³-hybridized carbons (Fsp3) is 0.250. The van der Waals surface area contributed by atoms with Gasteiger partial charge >= 0.3 is 5.97 Å². The summed E-state index contributed by atoms with van der Waals surface area (Å²) in [6.07, 6.45) is -1.06. The monoisotopic (exact) mass is 404 g/mol. The predicted molar refractivity (Wildman–Crippen MR) is 106 cm³/mol. The van der Waals surface area contributed by atoms with Crippen molar-refractivity contribution in [3.05, 3.63) is 59.9 Å². The van der Waals surface area contributed by atoms with Gasteiger partial charge in [0.2, 0.25) is 5.91 Å². The van der Waals surface area contributed by atoms with Gasteiger partial charge in [-0.2, -0.15) is 0 Å². The highest BCUT2D eigenvalue weighted by atomic mass is 32.2. The van der Waals surface area contributed by atoms with E-state index in [4.69, 9.17) is 4.74 Å². The summed E-state index contributed by atoms with van der Waals surface area (Å²) in [6, 6.07) is 12.0. The molecule has 0 saturated heterocycles. The van der Waals surface area contributed by atoms with Crippen LogP contribution in [-0.4, -0.2) is 48.6 Å². The molecule has 148 valence electrons. The van der Waals surface area contributed by atoms with Gasteiger partial charge in [-0.15, -0.1) is 11.8 Å². The topological polar surface area (TPSA) is 75.7 Å². The van der Waals surface area contributed by atoms with Crippen LogP contribution in [0.2, 0.25) is 0 Å². The first-order valence-electron chi connectivity index (χ1n) is 8.47. The van der Waals surface area contributed by atoms with E-state index in [-0.39, 0.29) is 17.2 Å². The van der Waals surface area contributed by atoms with Gasteiger partial charge in [-0.1, -0.05) is 12.1 Å². The number of ether oxygens (including phenoxy) is 1. The van der Waals surface area contributed by atoms with Crippen molar-refractivity contribution in [3.8, 4) is 0 Å². The number of halogens is 1. The summed E-state index contributed by atoms with van der Waals surface area (Å²) in [5.74, 6) is -1.52. The number of carbonyl (C=O) groups excluding carboxylic acids is 3. The molecule has 8 heteroatoms. The standard InChI is InChI=1S/C20H21FN2O4S/c1-13(19(25)22-15-10-8-14(21)9-11-15)27-20(26)16-6-4-5-7-17(16)28-12-18(24)23(2)3/h4-11,13H,12H2,1-3H3,(H,22,25)/t13-/m1/s1. The third kappa shape index (κ3) is 6.09. The number of nitrogens with zero attached hydrogens (tertiary/aromatic N) is 1. The van der Waals surface area contributed by atoms with Crippen molar-refractivity contribution >= 4 is 35.2 Å². The summed E-state index contributed by atoms with van der Waals surface area (Å²) in [6.45, 7) is 1.45. The maximum atomic E-state index is 12.9. The van der Waals surface area contributed by atoms with Crippen LogP contribution in [0, 0.1) is 5.82 Å². The zero-order valence-electron chi connectivity index (χ0n) is 15.8. The minimum absolute atomic E-state index is 0.0831. The maximum absolute atomic E-state index is 12.9. The summed E-state index contributed by atoms with van der Waals surface area (Å²) < 4.78 is 18.2. The van der Waals surface area contributed by atoms with Gasteiger partial charge in [-0.3, -0.25) is 9.59 Å². The van der Waals surface area contributed by atoms with Crippen LogP contribution in [0.1, 0.15) is 17.3 Å². The quantitative estimate of drug-likeness (QED) is 0.567. The lowest BCUT2D eigenvalue weighted by molar-refractivity contribution is -0.126. The molecular formula is C20H21FN2O4S. The van der Waals surface area contributed by atoms with Crippen molar-refractivity contribution in [1.82, 2.24) is 4.90 Å². The van der Waals surface area contributed by atoms with Crippen LogP contribution in [0.15, 0.2) is 53.4 Å². The van der Waals surface area contributed by atoms with Crippen LogP contribution >= 0.6 is 11.8 Å². The summed E-state index contributed by atoms with van der Waals surface area (Å²) in [5.41, 5.74) is 0.674. The second-order valence-corrected chi connectivity index (χ2v) is 7.13. The minimum atomic E-state index is -1.06. The number of hydrogen-bond acceptors (Lipinski definition) is 5. The zero-order chi connectivity index (χ0) is 20.7. The van der Waals surface area contributed by atoms with E-state index < -0.39 is 23.8 Å². The fourth-order valence-electron chi connectivity index (χ4n) is 2.08. The average Bonchev–Trinajstić information content (AvgIpc) is 2.67. The number of hydrogen-bond donors (Lipinski definition) is 1. The number of carbonyl (C=O) groups is 3. The predicted octanol–water partition coefficient (Wildman–Crippen LogP) is 3.19. The molecule has 0 heterocycles. The van der Waals surface area contributed by atoms with Crippen LogP contribution in [0.3, 0.4) is 0 Å². The molecule has 0 aromatic heterocycles. The lowest BCUT2D eigenvalue weighted by atomic mass is 10.2. The highest BCUT2D eigenvalue weighted by molar-refractivity contribution is 8.00. The van der Waals surface area contributed by atoms with Gasteiger partial charge in [0.25, 0.3) is 5.91 Å². The van der Waals surface area contributed by atoms with E-state index in [1.54, 1.807) is 38.4 Å². The van der Waals surface area contributed by atoms with Crippen molar-refractivity contribution in [2.24, 2.45) is 0 Å². The Hall–Kier alpha value is -2.87. The van der Waals surface area contributed by atoms with Crippen LogP contribution in [0.4, 0.5) is 10.1 Å². The first-order valence-corrected chi connectivity index (χ1v) is 9.46. The number of anilines is 1. The molecule has 2 amide bonds. The van der Waals surface area contributed by atoms with Crippen molar-refractivity contribution in [3.63, 3.8) is 0 Å². The molecule has 2 rings (SSSR count). The Balaban J connectivity index is 2.00. The summed E-state index contributed by atoms with van der Waals surface area (Å²) in [4.78, 5) is 38.5. The molecule has 0 aliphatic heterocycles. The van der Waals surface area contributed by atoms with E-state index in [1.165, 1.54) is 47.9 Å². The second kappa shape index (κ2) is 9.89. The van der Waals surface area contributed by atoms with Gasteiger partial charge < -0.3 is 15.0 Å². The van der Waals surface area contributed by atoms with Crippen molar-refractivity contribution < 1.29 is 23.5 Å². The van der Waals surface area contributed by atoms with Crippen LogP contribution in [-0.2, 0) is 14.3 Å². The lowest BCUT2D eigenvalue weighted by Gasteiger charge is -2.15. The zero-order valence-corrected chi connectivity index (χ0v) is 16.6. The Kier molecular flexibility index (Phi) is 7.57. The highest BCUT2D eigenvalue weighted by Gasteiger charge is 2.21. The molecule has 0 aliphatic carbocycles. The van der Waals surface area contributed by atoms with E-state index in [9.17, 15) is 18.8 Å². The number of esters is 1. The van der Waals surface area contributed by atoms with E-state index in [0.717, 1.165) is 0 Å². The molecule has 0 spiro atoms. The largest absolute Gasteiger partial charge is 0.449 e. The molecule has 2 aromatic carbocycles. The third-order valence-electron chi connectivity index (χ3n) is 3.72. The second-order valence-electron chi connectivity index (χ2n) is 6.12. The molecule has 2 aromatic rings. The number of rotatable bonds is 7. The van der Waals surface area contributed by atoms with Gasteiger partial charge in [-0.05, 0) is 43.3 Å². The summed E-state index contributed by atoms with van der Waals surface area (Å²) >= 11 is 1.22. The number of nitrogens with one attached hydrogen (secondary N) is 1. The SMILES string of the molecule is C[C@@H](OC(=O)c1ccccc1SCC(=O)N(C)C)C(=O)Nc1ccc(F)cc1. The van der Waals surface area contributed by atoms with E-state index in [0.29, 0.717) is 10.6 Å². The van der Waals surface area contributed by atoms with Crippen molar-refractivity contribution in [2.45, 2.75) is 17.9 Å². The van der Waals surface area contributed by atoms with Crippen LogP contribution in [0.25, 0.3) is 0 Å². The maximum Gasteiger partial charge on any atom is 0.340 e. The molecule has 0 aliphatic rings. The molecule has 1 atom stereocenters. The van der Waals surface area contributed by atoms with Crippen molar-refractivity contribution in [1.29, 1.82) is 0 Å². The van der Waals surface area contributed by atoms with E-state index >= 15 is 0 Å². The number of amides is 2. The first-order chi connectivity index (χ1) is 13.3. The third-order valence-corrected chi connectivity index (χ3v) is 4.78. The number of thioether (sulfide) groups is 1. The Bertz CT molecular complexity index is 856. The normalized spacial score (nSPS) is 11.4. The molecule has 28 heavy (non-hydrogen) atoms. The van der Waals surface area contributed by atoms with E-state index in [1.807, 2.05) is 0 Å². The molecule has 0 radical (unpaired) electrons. The van der Waals surface area contributed by atoms with Gasteiger partial charge in [0, 0.05) is 24.7 Å². The minimum Gasteiger partial charge on any atom is -0.449 e. The van der Waals surface area contributed by atoms with Crippen LogP contribution in [0.5, 0.6) is 0 Å². The van der Waals surface area contributed by atoms with Gasteiger partial charge in [0.05, 0.1) is 11.3 Å². The van der Waals surface area contributed by atoms with E-state index in [2.05, 4.69) is 5.32 Å². The molecule has 6 nitrogen and oxygen atoms in total. The molecule has 0 bridgehead atoms. The van der Waals surface area contributed by atoms with Gasteiger partial charge in [0.1, 0.15) is 5.82 Å². The summed E-state index contributed by atoms with van der Waals surface area (Å²) in [7, 11) is 3.31. The Morgan fingerprint density at radius 3 is 2.39 bits per heavy atom. The smallest absolute Gasteiger partial charge is 0.340 e. The van der Waals surface area contributed by atoms with Gasteiger partial charge in [0.15, 0.2) is 6.10 Å². The average molecular weight is 404 g/mol. The molecule has 0 saturated carbocycles. The molecular weight excluding hydrogens is 383 g/mol. The lowest BCUT2D eigenvalue weighted by Crippen LogP contribution is -2.30. The molecule has 0 fully saturated rings. The van der Waals surface area contributed by atoms with Gasteiger partial charge in [-0.25, -0.2) is 9.18 Å². The van der Waals surface area contributed by atoms with Crippen LogP contribution < -0.4 is 5.32 Å². The Morgan fingerprint density at radius 2 is 1.75 bits per heavy atom. The number of benzene rings is 2. The highest BCUT2D eigenvalue weighted by Crippen LogP contribution is 2.24. The summed E-state index contributed by atoms with van der Waals surface area (Å²) in [5, 5.41) is 2.55. The van der Waals surface area contributed by atoms with Crippen molar-refractivity contribution in [2.75, 3.05) is 25.2 Å².